The summed E-state index contributed by atoms with van der Waals surface area (Å²) in [5, 5.41) is 13.6. The molecule has 1 aliphatic rings. The Morgan fingerprint density at radius 3 is 2.95 bits per heavy atom. The van der Waals surface area contributed by atoms with E-state index in [1.807, 2.05) is 7.05 Å². The van der Waals surface area contributed by atoms with Crippen molar-refractivity contribution in [2.45, 2.75) is 31.8 Å². The molecule has 2 unspecified atom stereocenters. The minimum absolute atomic E-state index is 0.000856. The Labute approximate surface area is 122 Å². The molecule has 2 rings (SSSR count). The third kappa shape index (κ3) is 3.46. The number of nitrogens with two attached hydrogens (primary N) is 1. The number of hydrogen-bond donors (Lipinski definition) is 2. The van der Waals surface area contributed by atoms with E-state index in [0.717, 1.165) is 31.6 Å². The average Bonchev–Trinajstić information content (AvgIpc) is 2.43. The van der Waals surface area contributed by atoms with Crippen LogP contribution in [0.2, 0.25) is 0 Å². The fraction of sp³-hybridized carbons (Fsp3) is 0.538. The molecule has 0 bridgehead atoms. The molecular weight excluding hydrogens is 274 g/mol. The van der Waals surface area contributed by atoms with E-state index in [1.54, 1.807) is 0 Å². The van der Waals surface area contributed by atoms with Crippen LogP contribution < -0.4 is 11.1 Å². The van der Waals surface area contributed by atoms with Crippen LogP contribution in [0.15, 0.2) is 12.3 Å². The predicted octanol–water partition coefficient (Wildman–Crippen LogP) is 0.784. The van der Waals surface area contributed by atoms with Gasteiger partial charge in [-0.1, -0.05) is 0 Å². The van der Waals surface area contributed by atoms with Gasteiger partial charge in [0, 0.05) is 24.7 Å². The fourth-order valence-corrected chi connectivity index (χ4v) is 2.43. The molecule has 0 radical (unpaired) electrons. The highest BCUT2D eigenvalue weighted by atomic mass is 16.6. The van der Waals surface area contributed by atoms with E-state index < -0.39 is 10.8 Å². The van der Waals surface area contributed by atoms with Crippen LogP contribution in [-0.2, 0) is 0 Å². The lowest BCUT2D eigenvalue weighted by atomic mass is 9.98. The number of carbonyl (C=O) groups excluding carboxylic acids is 1. The highest BCUT2D eigenvalue weighted by Gasteiger charge is 2.25. The highest BCUT2D eigenvalue weighted by molar-refractivity contribution is 5.99. The van der Waals surface area contributed by atoms with Gasteiger partial charge in [-0.2, -0.15) is 0 Å². The first-order valence-corrected chi connectivity index (χ1v) is 6.79. The van der Waals surface area contributed by atoms with Gasteiger partial charge in [0.2, 0.25) is 0 Å². The largest absolute Gasteiger partial charge is 0.383 e. The zero-order valence-electron chi connectivity index (χ0n) is 12.1. The molecule has 1 aromatic heterocycles. The Kier molecular flexibility index (Phi) is 4.37. The summed E-state index contributed by atoms with van der Waals surface area (Å²) in [6.07, 6.45) is 2.73. The second-order valence-electron chi connectivity index (χ2n) is 5.41. The van der Waals surface area contributed by atoms with Crippen LogP contribution in [-0.4, -0.2) is 46.4 Å². The first-order chi connectivity index (χ1) is 9.88. The van der Waals surface area contributed by atoms with Gasteiger partial charge in [-0.05, 0) is 26.8 Å². The maximum atomic E-state index is 12.2. The number of nitrogens with one attached hydrogen (secondary N) is 1. The minimum atomic E-state index is -0.596. The quantitative estimate of drug-likeness (QED) is 0.629. The monoisotopic (exact) mass is 293 g/mol. The Morgan fingerprint density at radius 1 is 1.62 bits per heavy atom. The van der Waals surface area contributed by atoms with Gasteiger partial charge < -0.3 is 16.0 Å². The number of pyridine rings is 1. The number of anilines is 1. The van der Waals surface area contributed by atoms with Crippen molar-refractivity contribution in [3.8, 4) is 0 Å². The molecule has 0 saturated carbocycles. The summed E-state index contributed by atoms with van der Waals surface area (Å²) in [4.78, 5) is 28.3. The third-order valence-corrected chi connectivity index (χ3v) is 3.90. The summed E-state index contributed by atoms with van der Waals surface area (Å²) in [7, 11) is 2.05. The van der Waals surface area contributed by atoms with Gasteiger partial charge in [-0.15, -0.1) is 0 Å². The molecule has 3 N–H and O–H groups in total. The van der Waals surface area contributed by atoms with Gasteiger partial charge >= 0.3 is 0 Å². The van der Waals surface area contributed by atoms with Crippen LogP contribution in [0, 0.1) is 10.1 Å². The van der Waals surface area contributed by atoms with E-state index in [2.05, 4.69) is 22.1 Å². The molecule has 0 aromatic carbocycles. The number of amides is 1. The van der Waals surface area contributed by atoms with Crippen LogP contribution in [0.5, 0.6) is 0 Å². The van der Waals surface area contributed by atoms with Crippen LogP contribution in [0.4, 0.5) is 11.5 Å². The molecule has 0 spiro atoms. The Hall–Kier alpha value is -2.22. The number of piperidine rings is 1. The topological polar surface area (TPSA) is 114 Å². The molecule has 8 heteroatoms. The number of nitro groups is 1. The van der Waals surface area contributed by atoms with Crippen molar-refractivity contribution < 1.29 is 9.72 Å². The second-order valence-corrected chi connectivity index (χ2v) is 5.41. The number of likely N-dealkylation sites (tertiary alicyclic amines) is 1. The Balaban J connectivity index is 2.10. The summed E-state index contributed by atoms with van der Waals surface area (Å²) >= 11 is 0. The normalized spacial score (nSPS) is 22.8. The van der Waals surface area contributed by atoms with E-state index in [1.165, 1.54) is 0 Å². The highest BCUT2D eigenvalue weighted by Crippen LogP contribution is 2.19. The van der Waals surface area contributed by atoms with E-state index in [9.17, 15) is 14.9 Å². The molecule has 1 saturated heterocycles. The van der Waals surface area contributed by atoms with Gasteiger partial charge in [0.05, 0.1) is 10.5 Å². The smallest absolute Gasteiger partial charge is 0.288 e. The van der Waals surface area contributed by atoms with Crippen molar-refractivity contribution in [3.05, 3.63) is 27.9 Å². The molecule has 8 nitrogen and oxygen atoms in total. The first kappa shape index (κ1) is 15.2. The van der Waals surface area contributed by atoms with Crippen molar-refractivity contribution in [1.82, 2.24) is 15.2 Å². The third-order valence-electron chi connectivity index (χ3n) is 3.90. The van der Waals surface area contributed by atoms with Crippen molar-refractivity contribution >= 4 is 17.4 Å². The molecule has 1 aromatic rings. The second kappa shape index (κ2) is 6.04. The van der Waals surface area contributed by atoms with Gasteiger partial charge in [-0.25, -0.2) is 4.98 Å². The van der Waals surface area contributed by atoms with Crippen LogP contribution in [0.1, 0.15) is 30.1 Å². The molecule has 1 amide bonds. The fourth-order valence-electron chi connectivity index (χ4n) is 2.43. The minimum Gasteiger partial charge on any atom is -0.383 e. The molecule has 1 aliphatic heterocycles. The number of carbonyl (C=O) groups is 1. The summed E-state index contributed by atoms with van der Waals surface area (Å²) in [6.45, 7) is 3.00. The number of hydrogen-bond acceptors (Lipinski definition) is 6. The molecule has 114 valence electrons. The van der Waals surface area contributed by atoms with Crippen LogP contribution in [0.3, 0.4) is 0 Å². The first-order valence-electron chi connectivity index (χ1n) is 6.79. The van der Waals surface area contributed by atoms with Crippen LogP contribution in [0.25, 0.3) is 0 Å². The van der Waals surface area contributed by atoms with E-state index in [-0.39, 0.29) is 23.1 Å². The summed E-state index contributed by atoms with van der Waals surface area (Å²) in [5.74, 6) is -0.412. The molecular formula is C13H19N5O3. The molecule has 0 aliphatic carbocycles. The molecule has 1 fully saturated rings. The molecule has 2 atom stereocenters. The van der Waals surface area contributed by atoms with Crippen molar-refractivity contribution in [1.29, 1.82) is 0 Å². The average molecular weight is 293 g/mol. The van der Waals surface area contributed by atoms with Crippen molar-refractivity contribution in [2.75, 3.05) is 19.3 Å². The van der Waals surface area contributed by atoms with Gasteiger partial charge in [0.1, 0.15) is 12.0 Å². The summed E-state index contributed by atoms with van der Waals surface area (Å²) in [6, 6.07) is 1.59. The van der Waals surface area contributed by atoms with Gasteiger partial charge in [-0.3, -0.25) is 14.9 Å². The maximum Gasteiger partial charge on any atom is 0.288 e. The van der Waals surface area contributed by atoms with E-state index in [0.29, 0.717) is 6.04 Å². The van der Waals surface area contributed by atoms with Crippen molar-refractivity contribution in [2.24, 2.45) is 0 Å². The summed E-state index contributed by atoms with van der Waals surface area (Å²) in [5.41, 5.74) is 5.45. The Bertz CT molecular complexity index is 563. The molecule has 2 heterocycles. The standard InChI is InChI=1S/C13H19N5O3/c1-8-5-9(3-4-17(8)2)16-13(19)11-6-10(18(20)21)7-15-12(11)14/h6-9H,3-5H2,1-2H3,(H2,14,15)(H,16,19). The molecule has 21 heavy (non-hydrogen) atoms. The maximum absolute atomic E-state index is 12.2. The van der Waals surface area contributed by atoms with Gasteiger partial charge in [0.15, 0.2) is 0 Å². The van der Waals surface area contributed by atoms with E-state index >= 15 is 0 Å². The number of aromatic nitrogens is 1. The predicted molar refractivity (Wildman–Crippen MR) is 77.9 cm³/mol. The number of rotatable bonds is 3. The van der Waals surface area contributed by atoms with Crippen LogP contribution >= 0.6 is 0 Å². The number of nitrogens with zero attached hydrogens (tertiary/aromatic N) is 3. The zero-order valence-corrected chi connectivity index (χ0v) is 12.1. The lowest BCUT2D eigenvalue weighted by Crippen LogP contribution is -2.47. The summed E-state index contributed by atoms with van der Waals surface area (Å²) < 4.78 is 0. The number of nitrogen functional groups attached to an aromatic ring is 1. The Morgan fingerprint density at radius 2 is 2.33 bits per heavy atom. The SMILES string of the molecule is CC1CC(NC(=O)c2cc([N+](=O)[O-])cnc2N)CCN1C. The zero-order chi connectivity index (χ0) is 15.6. The lowest BCUT2D eigenvalue weighted by Gasteiger charge is -2.35. The van der Waals surface area contributed by atoms with E-state index in [4.69, 9.17) is 5.73 Å². The lowest BCUT2D eigenvalue weighted by molar-refractivity contribution is -0.385. The van der Waals surface area contributed by atoms with Gasteiger partial charge in [0.25, 0.3) is 11.6 Å². The van der Waals surface area contributed by atoms with Crippen molar-refractivity contribution in [3.63, 3.8) is 0 Å².